The van der Waals surface area contributed by atoms with Gasteiger partial charge in [0.2, 0.25) is 0 Å². The number of rotatable bonds is 6. The molecule has 0 radical (unpaired) electrons. The second-order valence-electron chi connectivity index (χ2n) is 9.76. The molecule has 2 bridgehead atoms. The summed E-state index contributed by atoms with van der Waals surface area (Å²) in [4.78, 5) is 15.1. The number of fused-ring (bicyclic) bond motifs is 3. The lowest BCUT2D eigenvalue weighted by molar-refractivity contribution is -0.949. The predicted molar refractivity (Wildman–Crippen MR) is 121 cm³/mol. The maximum Gasteiger partial charge on any atom is 0.415 e. The lowest BCUT2D eigenvalue weighted by Gasteiger charge is -2.54. The molecule has 32 heavy (non-hydrogen) atoms. The molecule has 3 aliphatic heterocycles. The Bertz CT molecular complexity index is 893. The van der Waals surface area contributed by atoms with E-state index in [4.69, 9.17) is 4.74 Å². The molecule has 3 saturated heterocycles. The molecule has 0 spiro atoms. The minimum absolute atomic E-state index is 0. The molecule has 5 nitrogen and oxygen atoms in total. The number of carbonyl (C=O) groups is 1. The van der Waals surface area contributed by atoms with Gasteiger partial charge < -0.3 is 14.7 Å². The first kappa shape index (κ1) is 22.7. The van der Waals surface area contributed by atoms with Crippen molar-refractivity contribution in [2.24, 2.45) is 11.8 Å². The molecule has 1 saturated carbocycles. The summed E-state index contributed by atoms with van der Waals surface area (Å²) in [5, 5.41) is 0. The maximum absolute atomic E-state index is 13.4. The third kappa shape index (κ3) is 4.81. The molecule has 1 atom stereocenters. The molecule has 6 rings (SSSR count). The smallest absolute Gasteiger partial charge is 0.415 e. The van der Waals surface area contributed by atoms with E-state index in [1.807, 2.05) is 30.3 Å². The minimum atomic E-state index is -0.295. The van der Waals surface area contributed by atoms with Crippen LogP contribution in [0, 0.1) is 17.7 Å². The molecule has 6 heteroatoms. The number of benzene rings is 2. The van der Waals surface area contributed by atoms with Crippen LogP contribution in [-0.4, -0.2) is 48.3 Å². The van der Waals surface area contributed by atoms with Gasteiger partial charge in [0.15, 0.2) is 6.10 Å². The Balaban J connectivity index is 0.00000245. The van der Waals surface area contributed by atoms with E-state index in [9.17, 15) is 9.18 Å². The van der Waals surface area contributed by atoms with Gasteiger partial charge in [-0.3, -0.25) is 4.90 Å². The highest BCUT2D eigenvalue weighted by molar-refractivity contribution is 5.87. The van der Waals surface area contributed by atoms with Crippen molar-refractivity contribution in [2.45, 2.75) is 44.8 Å². The molecule has 1 aliphatic carbocycles. The monoisotopic (exact) mass is 440 g/mol. The van der Waals surface area contributed by atoms with Crippen molar-refractivity contribution >= 4 is 11.8 Å². The third-order valence-electron chi connectivity index (χ3n) is 7.71. The molecule has 4 aliphatic rings. The van der Waals surface area contributed by atoms with E-state index >= 15 is 0 Å². The number of nitrogens with zero attached hydrogens (tertiary/aromatic N) is 2. The fraction of sp³-hybridized carbons (Fsp3) is 0.500. The first-order chi connectivity index (χ1) is 15.1. The van der Waals surface area contributed by atoms with Gasteiger partial charge in [0.1, 0.15) is 12.4 Å². The van der Waals surface area contributed by atoms with Crippen molar-refractivity contribution in [1.82, 2.24) is 0 Å². The summed E-state index contributed by atoms with van der Waals surface area (Å²) in [7, 11) is 0. The van der Waals surface area contributed by atoms with E-state index in [1.165, 1.54) is 51.0 Å². The number of carbonyl (C=O) groups excluding carboxylic acids is 1. The third-order valence-corrected chi connectivity index (χ3v) is 7.71. The van der Waals surface area contributed by atoms with Gasteiger partial charge in [-0.15, -0.1) is 0 Å². The van der Waals surface area contributed by atoms with Crippen LogP contribution < -0.4 is 4.90 Å². The second-order valence-corrected chi connectivity index (χ2v) is 9.76. The normalized spacial score (nSPS) is 26.7. The first-order valence-corrected chi connectivity index (χ1v) is 11.7. The molecule has 3 heterocycles. The van der Waals surface area contributed by atoms with Gasteiger partial charge in [-0.2, -0.15) is 0 Å². The Morgan fingerprint density at radius 3 is 2.31 bits per heavy atom. The number of halogens is 1. The minimum Gasteiger partial charge on any atom is -0.870 e. The van der Waals surface area contributed by atoms with Crippen molar-refractivity contribution < 1.29 is 23.9 Å². The van der Waals surface area contributed by atoms with E-state index in [0.29, 0.717) is 12.5 Å². The van der Waals surface area contributed by atoms with Crippen LogP contribution in [0.2, 0.25) is 0 Å². The lowest BCUT2D eigenvalue weighted by Crippen LogP contribution is -2.66. The summed E-state index contributed by atoms with van der Waals surface area (Å²) in [6.45, 7) is 5.08. The topological polar surface area (TPSA) is 59.5 Å². The van der Waals surface area contributed by atoms with Gasteiger partial charge in [-0.1, -0.05) is 36.8 Å². The van der Waals surface area contributed by atoms with Crippen molar-refractivity contribution in [3.8, 4) is 0 Å². The molecule has 2 aromatic carbocycles. The summed E-state index contributed by atoms with van der Waals surface area (Å²) in [6.07, 6.45) is 6.13. The van der Waals surface area contributed by atoms with Crippen molar-refractivity contribution in [2.75, 3.05) is 31.1 Å². The number of hydrogen-bond donors (Lipinski definition) is 0. The Kier molecular flexibility index (Phi) is 6.82. The summed E-state index contributed by atoms with van der Waals surface area (Å²) in [6, 6.07) is 16.0. The predicted octanol–water partition coefficient (Wildman–Crippen LogP) is 5.20. The zero-order valence-corrected chi connectivity index (χ0v) is 18.5. The Hall–Kier alpha value is -2.44. The summed E-state index contributed by atoms with van der Waals surface area (Å²) >= 11 is 0. The van der Waals surface area contributed by atoms with Gasteiger partial charge >= 0.3 is 6.09 Å². The van der Waals surface area contributed by atoms with Crippen molar-refractivity contribution in [1.29, 1.82) is 0 Å². The average molecular weight is 441 g/mol. The number of para-hydroxylation sites is 1. The van der Waals surface area contributed by atoms with Gasteiger partial charge in [0, 0.05) is 30.4 Å². The van der Waals surface area contributed by atoms with Crippen LogP contribution in [0.3, 0.4) is 0 Å². The Morgan fingerprint density at radius 2 is 1.69 bits per heavy atom. The van der Waals surface area contributed by atoms with Crippen LogP contribution in [0.25, 0.3) is 0 Å². The molecular formula is C26H33FN2O3. The van der Waals surface area contributed by atoms with Crippen LogP contribution in [0.15, 0.2) is 54.6 Å². The quantitative estimate of drug-likeness (QED) is 0.580. The zero-order valence-electron chi connectivity index (χ0n) is 18.5. The Morgan fingerprint density at radius 1 is 1.00 bits per heavy atom. The number of piperidine rings is 3. The highest BCUT2D eigenvalue weighted by Gasteiger charge is 2.49. The molecule has 1 amide bonds. The van der Waals surface area contributed by atoms with Gasteiger partial charge in [0.05, 0.1) is 26.2 Å². The van der Waals surface area contributed by atoms with Crippen LogP contribution in [-0.2, 0) is 11.3 Å². The number of amides is 1. The largest absolute Gasteiger partial charge is 0.870 e. The van der Waals surface area contributed by atoms with Crippen LogP contribution in [0.4, 0.5) is 14.9 Å². The molecule has 0 unspecified atom stereocenters. The first-order valence-electron chi connectivity index (χ1n) is 11.7. The summed E-state index contributed by atoms with van der Waals surface area (Å²) in [5.41, 5.74) is 1.68. The van der Waals surface area contributed by atoms with E-state index in [1.54, 1.807) is 17.0 Å². The average Bonchev–Trinajstić information content (AvgIpc) is 2.77. The van der Waals surface area contributed by atoms with Gasteiger partial charge in [-0.05, 0) is 42.7 Å². The molecular weight excluding hydrogens is 407 g/mol. The van der Waals surface area contributed by atoms with Crippen molar-refractivity contribution in [3.63, 3.8) is 0 Å². The SMILES string of the molecule is O=C(O[C@H]1C[N+]2(CC3CCC3)CCC1CC2)N(Cc1ccc(F)cc1)c1ccccc1.[OH-]. The summed E-state index contributed by atoms with van der Waals surface area (Å²) in [5.74, 6) is 1.07. The van der Waals surface area contributed by atoms with Crippen molar-refractivity contribution in [3.05, 3.63) is 66.0 Å². The molecule has 1 N–H and O–H groups in total. The van der Waals surface area contributed by atoms with E-state index in [0.717, 1.165) is 41.0 Å². The number of anilines is 1. The fourth-order valence-corrected chi connectivity index (χ4v) is 5.67. The number of hydrogen-bond acceptors (Lipinski definition) is 3. The molecule has 4 fully saturated rings. The Labute approximate surface area is 189 Å². The molecule has 0 aromatic heterocycles. The highest BCUT2D eigenvalue weighted by atomic mass is 19.1. The van der Waals surface area contributed by atoms with E-state index in [-0.39, 0.29) is 23.5 Å². The summed E-state index contributed by atoms with van der Waals surface area (Å²) < 4.78 is 20.7. The van der Waals surface area contributed by atoms with Crippen LogP contribution >= 0.6 is 0 Å². The zero-order chi connectivity index (χ0) is 21.3. The van der Waals surface area contributed by atoms with Gasteiger partial charge in [-0.25, -0.2) is 9.18 Å². The lowest BCUT2D eigenvalue weighted by atomic mass is 9.79. The second kappa shape index (κ2) is 9.59. The highest BCUT2D eigenvalue weighted by Crippen LogP contribution is 2.39. The van der Waals surface area contributed by atoms with E-state index < -0.39 is 0 Å². The van der Waals surface area contributed by atoms with E-state index in [2.05, 4.69) is 0 Å². The van der Waals surface area contributed by atoms with Crippen LogP contribution in [0.5, 0.6) is 0 Å². The van der Waals surface area contributed by atoms with Crippen LogP contribution in [0.1, 0.15) is 37.7 Å². The maximum atomic E-state index is 13.4. The molecule has 172 valence electrons. The number of quaternary nitrogens is 1. The number of ether oxygens (including phenoxy) is 1. The standard InChI is InChI=1S/C26H32FN2O2.H2O/c27-23-11-9-20(10-12-23)17-28(24-7-2-1-3-8-24)26(30)31-25-19-29(18-21-5-4-6-21)15-13-22(25)14-16-29;/h1-3,7-12,21-22,25H,4-6,13-19H2;1H2/q+1;/p-1/t22?,25-,29?;/m0./s1. The fourth-order valence-electron chi connectivity index (χ4n) is 5.67. The van der Waals surface area contributed by atoms with Gasteiger partial charge in [0.25, 0.3) is 0 Å². The molecule has 2 aromatic rings.